The van der Waals surface area contributed by atoms with E-state index in [9.17, 15) is 9.18 Å². The Hall–Kier alpha value is -1.58. The Morgan fingerprint density at radius 2 is 2.05 bits per heavy atom. The highest BCUT2D eigenvalue weighted by Gasteiger charge is 2.26. The number of nitrogens with two attached hydrogens (primary N) is 1. The molecular formula is C15H21FN2O. The van der Waals surface area contributed by atoms with Gasteiger partial charge in [-0.25, -0.2) is 4.39 Å². The van der Waals surface area contributed by atoms with Gasteiger partial charge >= 0.3 is 0 Å². The number of halogens is 1. The van der Waals surface area contributed by atoms with Crippen LogP contribution < -0.4 is 5.73 Å². The zero-order chi connectivity index (χ0) is 14.0. The second kappa shape index (κ2) is 5.59. The van der Waals surface area contributed by atoms with Crippen molar-refractivity contribution < 1.29 is 9.18 Å². The van der Waals surface area contributed by atoms with Gasteiger partial charge in [-0.3, -0.25) is 4.79 Å². The normalized spacial score (nSPS) is 15.7. The van der Waals surface area contributed by atoms with E-state index in [1.54, 1.807) is 13.0 Å². The Bertz CT molecular complexity index is 458. The predicted octanol–water partition coefficient (Wildman–Crippen LogP) is 3.12. The summed E-state index contributed by atoms with van der Waals surface area (Å²) in [6.45, 7) is 4.23. The minimum atomic E-state index is -0.411. The number of hydrogen-bond donors (Lipinski definition) is 1. The van der Waals surface area contributed by atoms with Crippen molar-refractivity contribution in [3.05, 3.63) is 29.1 Å². The Morgan fingerprint density at radius 1 is 1.42 bits per heavy atom. The SMILES string of the molecule is CCN(C(=O)c1cc(N)c(C)c(F)c1)C1CCCC1. The molecule has 2 rings (SSSR count). The summed E-state index contributed by atoms with van der Waals surface area (Å²) in [6.07, 6.45) is 4.42. The van der Waals surface area contributed by atoms with Gasteiger partial charge in [0.2, 0.25) is 0 Å². The van der Waals surface area contributed by atoms with Crippen LogP contribution in [0.2, 0.25) is 0 Å². The van der Waals surface area contributed by atoms with Crippen LogP contribution in [-0.2, 0) is 0 Å². The summed E-state index contributed by atoms with van der Waals surface area (Å²) >= 11 is 0. The second-order valence-corrected chi connectivity index (χ2v) is 5.20. The smallest absolute Gasteiger partial charge is 0.254 e. The number of nitrogens with zero attached hydrogens (tertiary/aromatic N) is 1. The molecule has 0 aromatic heterocycles. The third kappa shape index (κ3) is 2.72. The maximum absolute atomic E-state index is 13.7. The number of amides is 1. The first kappa shape index (κ1) is 13.8. The molecule has 0 saturated heterocycles. The third-order valence-electron chi connectivity index (χ3n) is 4.00. The molecule has 1 aliphatic carbocycles. The lowest BCUT2D eigenvalue weighted by Crippen LogP contribution is -2.38. The number of hydrogen-bond acceptors (Lipinski definition) is 2. The Labute approximate surface area is 113 Å². The largest absolute Gasteiger partial charge is 0.398 e. The number of rotatable bonds is 3. The molecule has 4 heteroatoms. The molecule has 19 heavy (non-hydrogen) atoms. The molecule has 0 unspecified atom stereocenters. The lowest BCUT2D eigenvalue weighted by molar-refractivity contribution is 0.0693. The average molecular weight is 264 g/mol. The zero-order valence-corrected chi connectivity index (χ0v) is 11.6. The van der Waals surface area contributed by atoms with E-state index in [-0.39, 0.29) is 5.91 Å². The van der Waals surface area contributed by atoms with Gasteiger partial charge in [0.05, 0.1) is 0 Å². The maximum Gasteiger partial charge on any atom is 0.254 e. The molecule has 0 aliphatic heterocycles. The zero-order valence-electron chi connectivity index (χ0n) is 11.6. The molecule has 0 atom stereocenters. The number of carbonyl (C=O) groups is 1. The van der Waals surface area contributed by atoms with Gasteiger partial charge in [-0.05, 0) is 38.8 Å². The molecule has 1 amide bonds. The van der Waals surface area contributed by atoms with Crippen molar-refractivity contribution in [1.29, 1.82) is 0 Å². The first-order valence-corrected chi connectivity index (χ1v) is 6.91. The topological polar surface area (TPSA) is 46.3 Å². The molecule has 2 N–H and O–H groups in total. The standard InChI is InChI=1S/C15H21FN2O/c1-3-18(12-6-4-5-7-12)15(19)11-8-13(16)10(2)14(17)9-11/h8-9,12H,3-7,17H2,1-2H3. The van der Waals surface area contributed by atoms with E-state index in [0.717, 1.165) is 12.8 Å². The van der Waals surface area contributed by atoms with E-state index in [1.807, 2.05) is 11.8 Å². The van der Waals surface area contributed by atoms with Crippen LogP contribution in [0.5, 0.6) is 0 Å². The van der Waals surface area contributed by atoms with Gasteiger partial charge in [-0.1, -0.05) is 12.8 Å². The molecule has 1 aromatic rings. The van der Waals surface area contributed by atoms with Crippen LogP contribution in [0.4, 0.5) is 10.1 Å². The molecule has 1 fully saturated rings. The Morgan fingerprint density at radius 3 is 2.58 bits per heavy atom. The Balaban J connectivity index is 2.26. The summed E-state index contributed by atoms with van der Waals surface area (Å²) in [5.74, 6) is -0.522. The first-order valence-electron chi connectivity index (χ1n) is 6.91. The van der Waals surface area contributed by atoms with E-state index in [0.29, 0.717) is 29.4 Å². The van der Waals surface area contributed by atoms with Crippen LogP contribution in [0.25, 0.3) is 0 Å². The molecule has 1 saturated carbocycles. The highest BCUT2D eigenvalue weighted by atomic mass is 19.1. The van der Waals surface area contributed by atoms with Gasteiger partial charge in [0.25, 0.3) is 5.91 Å². The van der Waals surface area contributed by atoms with E-state index in [1.165, 1.54) is 18.9 Å². The molecule has 0 heterocycles. The van der Waals surface area contributed by atoms with E-state index >= 15 is 0 Å². The minimum absolute atomic E-state index is 0.111. The molecule has 0 radical (unpaired) electrons. The van der Waals surface area contributed by atoms with Crippen LogP contribution >= 0.6 is 0 Å². The van der Waals surface area contributed by atoms with Crippen LogP contribution in [0.1, 0.15) is 48.5 Å². The number of anilines is 1. The van der Waals surface area contributed by atoms with Crippen molar-refractivity contribution in [1.82, 2.24) is 4.90 Å². The van der Waals surface area contributed by atoms with Gasteiger partial charge in [-0.15, -0.1) is 0 Å². The number of carbonyl (C=O) groups excluding carboxylic acids is 1. The summed E-state index contributed by atoms with van der Waals surface area (Å²) in [4.78, 5) is 14.3. The highest BCUT2D eigenvalue weighted by Crippen LogP contribution is 2.26. The fourth-order valence-corrected chi connectivity index (χ4v) is 2.77. The fraction of sp³-hybridized carbons (Fsp3) is 0.533. The summed E-state index contributed by atoms with van der Waals surface area (Å²) < 4.78 is 13.7. The van der Waals surface area contributed by atoms with Crippen molar-refractivity contribution in [2.24, 2.45) is 0 Å². The van der Waals surface area contributed by atoms with Crippen LogP contribution in [0, 0.1) is 12.7 Å². The van der Waals surface area contributed by atoms with Crippen molar-refractivity contribution in [3.63, 3.8) is 0 Å². The van der Waals surface area contributed by atoms with E-state index < -0.39 is 5.82 Å². The van der Waals surface area contributed by atoms with Gasteiger partial charge in [0.15, 0.2) is 0 Å². The first-order chi connectivity index (χ1) is 9.04. The molecule has 1 aliphatic rings. The van der Waals surface area contributed by atoms with Crippen molar-refractivity contribution in [2.75, 3.05) is 12.3 Å². The predicted molar refractivity (Wildman–Crippen MR) is 74.5 cm³/mol. The average Bonchev–Trinajstić information content (AvgIpc) is 2.90. The van der Waals surface area contributed by atoms with Gasteiger partial charge in [0.1, 0.15) is 5.82 Å². The van der Waals surface area contributed by atoms with Gasteiger partial charge in [-0.2, -0.15) is 0 Å². The van der Waals surface area contributed by atoms with Gasteiger partial charge < -0.3 is 10.6 Å². The summed E-state index contributed by atoms with van der Waals surface area (Å²) in [7, 11) is 0. The molecule has 3 nitrogen and oxygen atoms in total. The monoisotopic (exact) mass is 264 g/mol. The fourth-order valence-electron chi connectivity index (χ4n) is 2.77. The van der Waals surface area contributed by atoms with Gasteiger partial charge in [0, 0.05) is 29.4 Å². The highest BCUT2D eigenvalue weighted by molar-refractivity contribution is 5.95. The molecular weight excluding hydrogens is 243 g/mol. The lowest BCUT2D eigenvalue weighted by atomic mass is 10.1. The summed E-state index contributed by atoms with van der Waals surface area (Å²) in [5.41, 5.74) is 6.84. The summed E-state index contributed by atoms with van der Waals surface area (Å²) in [6, 6.07) is 3.17. The number of nitrogen functional groups attached to an aromatic ring is 1. The quantitative estimate of drug-likeness (QED) is 0.853. The number of benzene rings is 1. The maximum atomic E-state index is 13.7. The van der Waals surface area contributed by atoms with Crippen molar-refractivity contribution in [3.8, 4) is 0 Å². The molecule has 1 aromatic carbocycles. The van der Waals surface area contributed by atoms with Crippen molar-refractivity contribution >= 4 is 11.6 Å². The minimum Gasteiger partial charge on any atom is -0.398 e. The third-order valence-corrected chi connectivity index (χ3v) is 4.00. The second-order valence-electron chi connectivity index (χ2n) is 5.20. The van der Waals surface area contributed by atoms with E-state index in [4.69, 9.17) is 5.73 Å². The Kier molecular flexibility index (Phi) is 4.08. The molecule has 104 valence electrons. The van der Waals surface area contributed by atoms with E-state index in [2.05, 4.69) is 0 Å². The summed E-state index contributed by atoms with van der Waals surface area (Å²) in [5, 5.41) is 0. The van der Waals surface area contributed by atoms with Crippen LogP contribution in [0.3, 0.4) is 0 Å². The molecule has 0 bridgehead atoms. The lowest BCUT2D eigenvalue weighted by Gasteiger charge is -2.28. The van der Waals surface area contributed by atoms with Crippen LogP contribution in [0.15, 0.2) is 12.1 Å². The molecule has 0 spiro atoms. The van der Waals surface area contributed by atoms with Crippen molar-refractivity contribution in [2.45, 2.75) is 45.6 Å². The van der Waals surface area contributed by atoms with Crippen LogP contribution in [-0.4, -0.2) is 23.4 Å².